The van der Waals surface area contributed by atoms with Gasteiger partial charge in [-0.25, -0.2) is 4.39 Å². The number of rotatable bonds is 1. The fraction of sp³-hybridized carbons (Fsp3) is 0.190. The molecule has 0 bridgehead atoms. The zero-order chi connectivity index (χ0) is 18.5. The Balaban J connectivity index is 1.75. The molecule has 0 radical (unpaired) electrons. The van der Waals surface area contributed by atoms with Crippen molar-refractivity contribution in [1.82, 2.24) is 9.88 Å². The van der Waals surface area contributed by atoms with Crippen LogP contribution in [0.25, 0.3) is 17.0 Å². The molecule has 26 heavy (non-hydrogen) atoms. The van der Waals surface area contributed by atoms with Gasteiger partial charge in [-0.2, -0.15) is 0 Å². The first-order valence-corrected chi connectivity index (χ1v) is 8.80. The van der Waals surface area contributed by atoms with Gasteiger partial charge in [0.1, 0.15) is 5.82 Å². The summed E-state index contributed by atoms with van der Waals surface area (Å²) in [6, 6.07) is 12.2. The van der Waals surface area contributed by atoms with E-state index >= 15 is 0 Å². The minimum atomic E-state index is -0.531. The number of nitrogens with one attached hydrogen (secondary N) is 1. The quantitative estimate of drug-likeness (QED) is 0.616. The Morgan fingerprint density at radius 3 is 2.77 bits per heavy atom. The third-order valence-corrected chi connectivity index (χ3v) is 5.12. The molecule has 0 saturated heterocycles. The second-order valence-electron chi connectivity index (χ2n) is 7.22. The maximum absolute atomic E-state index is 13.4. The van der Waals surface area contributed by atoms with Gasteiger partial charge in [0.2, 0.25) is 0 Å². The Bertz CT molecular complexity index is 1050. The van der Waals surface area contributed by atoms with E-state index in [1.54, 1.807) is 11.1 Å². The number of hydrogen-bond donors (Lipinski definition) is 1. The maximum atomic E-state index is 13.4. The van der Waals surface area contributed by atoms with E-state index in [4.69, 9.17) is 11.6 Å². The van der Waals surface area contributed by atoms with Gasteiger partial charge in [0.25, 0.3) is 5.91 Å². The highest BCUT2D eigenvalue weighted by atomic mass is 35.5. The van der Waals surface area contributed by atoms with E-state index in [-0.39, 0.29) is 16.3 Å². The number of fused-ring (bicyclic) bond motifs is 3. The number of halogens is 2. The SMILES string of the molecule is CC1(C)CN(C(=O)c2ccc(F)c(Cl)c2)C=Cc2[nH]c3ccccc3c21. The van der Waals surface area contributed by atoms with Crippen molar-refractivity contribution in [3.05, 3.63) is 76.3 Å². The van der Waals surface area contributed by atoms with Crippen LogP contribution in [0.2, 0.25) is 5.02 Å². The fourth-order valence-corrected chi connectivity index (χ4v) is 3.85. The van der Waals surface area contributed by atoms with E-state index in [2.05, 4.69) is 31.0 Å². The molecule has 0 unspecified atom stereocenters. The number of aromatic nitrogens is 1. The Morgan fingerprint density at radius 1 is 1.23 bits per heavy atom. The van der Waals surface area contributed by atoms with E-state index in [9.17, 15) is 9.18 Å². The standard InChI is InChI=1S/C21H18ClFN2O/c1-21(2)12-25(20(26)13-7-8-16(23)15(22)11-13)10-9-18-19(21)14-5-3-4-6-17(14)24-18/h3-11,24H,12H2,1-2H3. The molecule has 1 aliphatic heterocycles. The molecule has 0 aliphatic carbocycles. The molecule has 1 aromatic heterocycles. The van der Waals surface area contributed by atoms with Gasteiger partial charge in [-0.1, -0.05) is 43.6 Å². The van der Waals surface area contributed by atoms with Crippen LogP contribution in [0, 0.1) is 5.82 Å². The van der Waals surface area contributed by atoms with Crippen LogP contribution in [0.4, 0.5) is 4.39 Å². The van der Waals surface area contributed by atoms with Crippen molar-refractivity contribution in [2.24, 2.45) is 0 Å². The van der Waals surface area contributed by atoms with Crippen LogP contribution in [0.5, 0.6) is 0 Å². The number of amides is 1. The van der Waals surface area contributed by atoms with Gasteiger partial charge in [0, 0.05) is 40.3 Å². The number of aromatic amines is 1. The number of para-hydroxylation sites is 1. The van der Waals surface area contributed by atoms with Crippen molar-refractivity contribution in [2.45, 2.75) is 19.3 Å². The number of hydrogen-bond acceptors (Lipinski definition) is 1. The lowest BCUT2D eigenvalue weighted by atomic mass is 9.82. The summed E-state index contributed by atoms with van der Waals surface area (Å²) in [6.07, 6.45) is 3.70. The van der Waals surface area contributed by atoms with Gasteiger partial charge in [0.15, 0.2) is 0 Å². The molecule has 1 N–H and O–H groups in total. The molecule has 3 aromatic rings. The molecule has 0 fully saturated rings. The minimum absolute atomic E-state index is 0.0508. The van der Waals surface area contributed by atoms with Crippen LogP contribution in [-0.4, -0.2) is 22.3 Å². The van der Waals surface area contributed by atoms with Gasteiger partial charge < -0.3 is 9.88 Å². The third kappa shape index (κ3) is 2.71. The summed E-state index contributed by atoms with van der Waals surface area (Å²) < 4.78 is 13.4. The number of nitrogens with zero attached hydrogens (tertiary/aromatic N) is 1. The van der Waals surface area contributed by atoms with Gasteiger partial charge in [-0.3, -0.25) is 4.79 Å². The molecule has 3 nitrogen and oxygen atoms in total. The van der Waals surface area contributed by atoms with Crippen molar-refractivity contribution in [3.63, 3.8) is 0 Å². The van der Waals surface area contributed by atoms with Crippen LogP contribution in [0.1, 0.15) is 35.5 Å². The molecular formula is C21H18ClFN2O. The molecule has 0 spiro atoms. The van der Waals surface area contributed by atoms with Crippen LogP contribution < -0.4 is 0 Å². The first-order chi connectivity index (χ1) is 12.4. The Labute approximate surface area is 156 Å². The second kappa shape index (κ2) is 5.99. The summed E-state index contributed by atoms with van der Waals surface area (Å²) >= 11 is 5.84. The van der Waals surface area contributed by atoms with Gasteiger partial charge >= 0.3 is 0 Å². The first kappa shape index (κ1) is 16.9. The van der Waals surface area contributed by atoms with E-state index in [0.717, 1.165) is 16.6 Å². The summed E-state index contributed by atoms with van der Waals surface area (Å²) in [4.78, 5) is 18.0. The molecule has 1 amide bonds. The zero-order valence-corrected chi connectivity index (χ0v) is 15.3. The van der Waals surface area contributed by atoms with Crippen LogP contribution in [-0.2, 0) is 5.41 Å². The normalized spacial score (nSPS) is 15.8. The molecule has 1 aliphatic rings. The van der Waals surface area contributed by atoms with Crippen molar-refractivity contribution < 1.29 is 9.18 Å². The molecule has 4 rings (SSSR count). The average Bonchev–Trinajstić information content (AvgIpc) is 2.93. The van der Waals surface area contributed by atoms with Gasteiger partial charge in [-0.05, 0) is 35.9 Å². The van der Waals surface area contributed by atoms with Crippen molar-refractivity contribution in [3.8, 4) is 0 Å². The fourth-order valence-electron chi connectivity index (χ4n) is 3.67. The number of benzene rings is 2. The molecule has 132 valence electrons. The molecule has 0 atom stereocenters. The lowest BCUT2D eigenvalue weighted by Gasteiger charge is -2.29. The summed E-state index contributed by atoms with van der Waals surface area (Å²) in [6.45, 7) is 4.75. The number of carbonyl (C=O) groups is 1. The number of H-pyrrole nitrogens is 1. The van der Waals surface area contributed by atoms with E-state index in [1.807, 2.05) is 18.2 Å². The van der Waals surface area contributed by atoms with Crippen LogP contribution in [0.3, 0.4) is 0 Å². The molecule has 2 heterocycles. The first-order valence-electron chi connectivity index (χ1n) is 8.42. The predicted molar refractivity (Wildman–Crippen MR) is 103 cm³/mol. The van der Waals surface area contributed by atoms with Crippen LogP contribution in [0.15, 0.2) is 48.7 Å². The highest BCUT2D eigenvalue weighted by Gasteiger charge is 2.32. The topological polar surface area (TPSA) is 36.1 Å². The Kier molecular flexibility index (Phi) is 3.88. The van der Waals surface area contributed by atoms with Gasteiger partial charge in [0.05, 0.1) is 5.02 Å². The predicted octanol–water partition coefficient (Wildman–Crippen LogP) is 5.36. The van der Waals surface area contributed by atoms with Crippen LogP contribution >= 0.6 is 11.6 Å². The van der Waals surface area contributed by atoms with Crippen molar-refractivity contribution in [2.75, 3.05) is 6.54 Å². The Hall–Kier alpha value is -2.59. The molecule has 5 heteroatoms. The molecule has 2 aromatic carbocycles. The summed E-state index contributed by atoms with van der Waals surface area (Å²) in [5, 5.41) is 1.11. The van der Waals surface area contributed by atoms with Crippen molar-refractivity contribution >= 4 is 34.5 Å². The number of carbonyl (C=O) groups excluding carboxylic acids is 1. The van der Waals surface area contributed by atoms with E-state index in [0.29, 0.717) is 12.1 Å². The third-order valence-electron chi connectivity index (χ3n) is 4.83. The smallest absolute Gasteiger partial charge is 0.257 e. The largest absolute Gasteiger partial charge is 0.355 e. The van der Waals surface area contributed by atoms with Gasteiger partial charge in [-0.15, -0.1) is 0 Å². The van der Waals surface area contributed by atoms with E-state index in [1.165, 1.54) is 23.8 Å². The molecule has 0 saturated carbocycles. The zero-order valence-electron chi connectivity index (χ0n) is 14.5. The monoisotopic (exact) mass is 368 g/mol. The van der Waals surface area contributed by atoms with Crippen molar-refractivity contribution in [1.29, 1.82) is 0 Å². The highest BCUT2D eigenvalue weighted by molar-refractivity contribution is 6.31. The summed E-state index contributed by atoms with van der Waals surface area (Å²) in [5.41, 5.74) is 3.38. The minimum Gasteiger partial charge on any atom is -0.355 e. The molecular weight excluding hydrogens is 351 g/mol. The summed E-state index contributed by atoms with van der Waals surface area (Å²) in [5.74, 6) is -0.734. The second-order valence-corrected chi connectivity index (χ2v) is 7.63. The maximum Gasteiger partial charge on any atom is 0.257 e. The summed E-state index contributed by atoms with van der Waals surface area (Å²) in [7, 11) is 0. The average molecular weight is 369 g/mol. The van der Waals surface area contributed by atoms with E-state index < -0.39 is 5.82 Å². The lowest BCUT2D eigenvalue weighted by molar-refractivity contribution is 0.0801. The Morgan fingerprint density at radius 2 is 2.00 bits per heavy atom. The highest BCUT2D eigenvalue weighted by Crippen LogP contribution is 2.37. The lowest BCUT2D eigenvalue weighted by Crippen LogP contribution is -2.36.